The van der Waals surface area contributed by atoms with Crippen molar-refractivity contribution in [3.63, 3.8) is 0 Å². The summed E-state index contributed by atoms with van der Waals surface area (Å²) in [4.78, 5) is 3.90. The summed E-state index contributed by atoms with van der Waals surface area (Å²) in [5.41, 5.74) is 0.558. The Labute approximate surface area is 96.2 Å². The zero-order valence-electron chi connectivity index (χ0n) is 8.75. The van der Waals surface area contributed by atoms with E-state index in [1.165, 1.54) is 24.4 Å². The van der Waals surface area contributed by atoms with Crippen LogP contribution in [0.4, 0.5) is 14.5 Å². The second kappa shape index (κ2) is 6.54. The molecule has 0 atom stereocenters. The number of hydrogen-bond acceptors (Lipinski definition) is 5. The maximum atomic E-state index is 11.9. The molecule has 1 rings (SSSR count). The normalized spacial score (nSPS) is 12.4. The number of ether oxygens (including phenoxy) is 1. The van der Waals surface area contributed by atoms with Crippen molar-refractivity contribution in [1.82, 2.24) is 0 Å². The van der Waals surface area contributed by atoms with Gasteiger partial charge in [-0.3, -0.25) is 4.99 Å². The third-order valence-corrected chi connectivity index (χ3v) is 1.73. The highest BCUT2D eigenvalue weighted by Gasteiger charge is 2.03. The Morgan fingerprint density at radius 3 is 2.88 bits per heavy atom. The molecule has 0 unspecified atom stereocenters. The van der Waals surface area contributed by atoms with Crippen molar-refractivity contribution in [3.8, 4) is 5.75 Å². The molecule has 0 aromatic heterocycles. The maximum absolute atomic E-state index is 11.9. The van der Waals surface area contributed by atoms with Crippen molar-refractivity contribution in [2.45, 2.75) is 6.61 Å². The van der Waals surface area contributed by atoms with Crippen LogP contribution in [0.3, 0.4) is 0 Å². The maximum Gasteiger partial charge on any atom is 0.387 e. The highest BCUT2D eigenvalue weighted by Crippen LogP contribution is 2.20. The van der Waals surface area contributed by atoms with Crippen molar-refractivity contribution in [2.75, 3.05) is 6.61 Å². The minimum atomic E-state index is -2.88. The van der Waals surface area contributed by atoms with Crippen molar-refractivity contribution in [3.05, 3.63) is 24.3 Å². The Bertz CT molecular complexity index is 422. The van der Waals surface area contributed by atoms with E-state index in [9.17, 15) is 8.78 Å². The third kappa shape index (κ3) is 4.56. The second-order valence-corrected chi connectivity index (χ2v) is 2.91. The van der Waals surface area contributed by atoms with Crippen LogP contribution < -0.4 is 10.6 Å². The van der Waals surface area contributed by atoms with Gasteiger partial charge in [0.15, 0.2) is 0 Å². The van der Waals surface area contributed by atoms with Gasteiger partial charge in [-0.2, -0.15) is 13.9 Å². The summed E-state index contributed by atoms with van der Waals surface area (Å²) in [6, 6.07) is 5.81. The van der Waals surface area contributed by atoms with Crippen LogP contribution in [0.2, 0.25) is 0 Å². The van der Waals surface area contributed by atoms with Crippen LogP contribution in [0, 0.1) is 0 Å². The number of nitrogens with two attached hydrogens (primary N) is 1. The van der Waals surface area contributed by atoms with E-state index >= 15 is 0 Å². The van der Waals surface area contributed by atoms with Gasteiger partial charge in [0.1, 0.15) is 11.5 Å². The van der Waals surface area contributed by atoms with Crippen LogP contribution in [0.25, 0.3) is 0 Å². The molecule has 0 fully saturated rings. The van der Waals surface area contributed by atoms with Crippen LogP contribution in [-0.2, 0) is 0 Å². The monoisotopic (exact) mass is 243 g/mol. The minimum Gasteiger partial charge on any atom is -0.435 e. The number of aliphatic hydroxyl groups is 1. The number of aliphatic imine (C=N–C) groups is 1. The van der Waals surface area contributed by atoms with E-state index in [0.717, 1.165) is 0 Å². The Kier molecular flexibility index (Phi) is 5.02. The number of aliphatic hydroxyl groups excluding tert-OH is 1. The molecule has 0 aliphatic carbocycles. The SMILES string of the molecule is NN=C(C=Nc1cccc(OC(F)F)c1)CO. The summed E-state index contributed by atoms with van der Waals surface area (Å²) in [6.07, 6.45) is 1.24. The van der Waals surface area contributed by atoms with E-state index in [1.54, 1.807) is 6.07 Å². The van der Waals surface area contributed by atoms with Gasteiger partial charge in [-0.05, 0) is 12.1 Å². The fourth-order valence-corrected chi connectivity index (χ4v) is 1.00. The van der Waals surface area contributed by atoms with Gasteiger partial charge >= 0.3 is 6.61 Å². The summed E-state index contributed by atoms with van der Waals surface area (Å²) in [5.74, 6) is 4.96. The summed E-state index contributed by atoms with van der Waals surface area (Å²) in [7, 11) is 0. The molecule has 92 valence electrons. The Balaban J connectivity index is 2.78. The molecule has 0 aliphatic heterocycles. The first-order chi connectivity index (χ1) is 8.15. The van der Waals surface area contributed by atoms with Crippen molar-refractivity contribution < 1.29 is 18.6 Å². The molecule has 1 aromatic rings. The van der Waals surface area contributed by atoms with E-state index in [1.807, 2.05) is 0 Å². The fourth-order valence-electron chi connectivity index (χ4n) is 1.00. The quantitative estimate of drug-likeness (QED) is 0.464. The van der Waals surface area contributed by atoms with Gasteiger partial charge in [0, 0.05) is 6.07 Å². The van der Waals surface area contributed by atoms with Crippen molar-refractivity contribution in [1.29, 1.82) is 0 Å². The zero-order chi connectivity index (χ0) is 12.7. The summed E-state index contributed by atoms with van der Waals surface area (Å²) >= 11 is 0. The van der Waals surface area contributed by atoms with Crippen LogP contribution in [-0.4, -0.2) is 30.3 Å². The topological polar surface area (TPSA) is 80.2 Å². The van der Waals surface area contributed by atoms with Gasteiger partial charge in [-0.25, -0.2) is 0 Å². The molecule has 0 spiro atoms. The van der Waals surface area contributed by atoms with Crippen molar-refractivity contribution >= 4 is 17.6 Å². The Hall–Kier alpha value is -2.02. The van der Waals surface area contributed by atoms with Crippen LogP contribution in [0.15, 0.2) is 34.4 Å². The number of benzene rings is 1. The number of rotatable bonds is 5. The van der Waals surface area contributed by atoms with E-state index in [4.69, 9.17) is 10.9 Å². The molecular formula is C10H11F2N3O2. The average molecular weight is 243 g/mol. The van der Waals surface area contributed by atoms with Gasteiger partial charge in [0.25, 0.3) is 0 Å². The van der Waals surface area contributed by atoms with Gasteiger partial charge in [0.2, 0.25) is 0 Å². The number of hydrogen-bond donors (Lipinski definition) is 2. The first-order valence-corrected chi connectivity index (χ1v) is 4.62. The predicted molar refractivity (Wildman–Crippen MR) is 59.9 cm³/mol. The van der Waals surface area contributed by atoms with Gasteiger partial charge in [-0.1, -0.05) is 6.07 Å². The Morgan fingerprint density at radius 1 is 1.53 bits per heavy atom. The molecule has 0 saturated heterocycles. The third-order valence-electron chi connectivity index (χ3n) is 1.73. The molecule has 0 amide bonds. The number of nitrogens with zero attached hydrogens (tertiary/aromatic N) is 2. The predicted octanol–water partition coefficient (Wildman–Crippen LogP) is 1.30. The highest BCUT2D eigenvalue weighted by molar-refractivity contribution is 6.31. The molecule has 1 aromatic carbocycles. The number of alkyl halides is 2. The second-order valence-electron chi connectivity index (χ2n) is 2.91. The lowest BCUT2D eigenvalue weighted by atomic mass is 10.3. The molecular weight excluding hydrogens is 232 g/mol. The largest absolute Gasteiger partial charge is 0.435 e. The highest BCUT2D eigenvalue weighted by atomic mass is 19.3. The van der Waals surface area contributed by atoms with E-state index in [0.29, 0.717) is 5.69 Å². The number of halogens is 2. The molecule has 0 heterocycles. The summed E-state index contributed by atoms with van der Waals surface area (Å²) in [5, 5.41) is 12.0. The molecule has 3 N–H and O–H groups in total. The standard InChI is InChI=1S/C10H11F2N3O2/c11-10(12)17-9-3-1-2-7(4-9)14-5-8(6-16)15-13/h1-5,10,16H,6,13H2. The lowest BCUT2D eigenvalue weighted by molar-refractivity contribution is -0.0498. The smallest absolute Gasteiger partial charge is 0.387 e. The van der Waals surface area contributed by atoms with E-state index < -0.39 is 6.61 Å². The van der Waals surface area contributed by atoms with Crippen molar-refractivity contribution in [2.24, 2.45) is 15.9 Å². The van der Waals surface area contributed by atoms with Crippen LogP contribution >= 0.6 is 0 Å². The van der Waals surface area contributed by atoms with Crippen LogP contribution in [0.1, 0.15) is 0 Å². The molecule has 17 heavy (non-hydrogen) atoms. The lowest BCUT2D eigenvalue weighted by Gasteiger charge is -2.04. The average Bonchev–Trinajstić information content (AvgIpc) is 2.30. The first kappa shape index (κ1) is 13.0. The fraction of sp³-hybridized carbons (Fsp3) is 0.200. The molecule has 7 heteroatoms. The first-order valence-electron chi connectivity index (χ1n) is 4.62. The lowest BCUT2D eigenvalue weighted by Crippen LogP contribution is -2.08. The molecule has 5 nitrogen and oxygen atoms in total. The zero-order valence-corrected chi connectivity index (χ0v) is 8.75. The van der Waals surface area contributed by atoms with Gasteiger partial charge in [-0.15, -0.1) is 0 Å². The molecule has 0 radical (unpaired) electrons. The number of hydrazone groups is 1. The van der Waals surface area contributed by atoms with Gasteiger partial charge in [0.05, 0.1) is 18.5 Å². The van der Waals surface area contributed by atoms with Crippen LogP contribution in [0.5, 0.6) is 5.75 Å². The van der Waals surface area contributed by atoms with Gasteiger partial charge < -0.3 is 15.7 Å². The summed E-state index contributed by atoms with van der Waals surface area (Å²) < 4.78 is 28.1. The minimum absolute atomic E-state index is 0.00452. The summed E-state index contributed by atoms with van der Waals surface area (Å²) in [6.45, 7) is -3.24. The molecule has 0 bridgehead atoms. The molecule has 0 saturated carbocycles. The van der Waals surface area contributed by atoms with E-state index in [2.05, 4.69) is 14.8 Å². The van der Waals surface area contributed by atoms with E-state index in [-0.39, 0.29) is 18.1 Å². The molecule has 0 aliphatic rings. The Morgan fingerprint density at radius 2 is 2.29 bits per heavy atom.